The van der Waals surface area contributed by atoms with Gasteiger partial charge in [-0.25, -0.2) is 0 Å². The summed E-state index contributed by atoms with van der Waals surface area (Å²) >= 11 is 2.40. The van der Waals surface area contributed by atoms with E-state index in [-0.39, 0.29) is 0 Å². The molecule has 0 saturated carbocycles. The summed E-state index contributed by atoms with van der Waals surface area (Å²) in [4.78, 5) is 0. The Balaban J connectivity index is 2.10. The maximum atomic E-state index is 4.12. The molecule has 0 saturated heterocycles. The van der Waals surface area contributed by atoms with Crippen molar-refractivity contribution in [1.29, 1.82) is 0 Å². The van der Waals surface area contributed by atoms with E-state index < -0.39 is 0 Å². The van der Waals surface area contributed by atoms with Crippen LogP contribution in [0.4, 0.5) is 0 Å². The number of nitrogens with zero attached hydrogens (tertiary/aromatic N) is 2. The Morgan fingerprint density at radius 3 is 3.00 bits per heavy atom. The van der Waals surface area contributed by atoms with Gasteiger partial charge in [0.2, 0.25) is 0 Å². The monoisotopic (exact) mass is 293 g/mol. The maximum absolute atomic E-state index is 4.12. The molecule has 1 heterocycles. The van der Waals surface area contributed by atoms with Gasteiger partial charge in [-0.2, -0.15) is 5.10 Å². The number of hydrogen-bond donors (Lipinski definition) is 1. The summed E-state index contributed by atoms with van der Waals surface area (Å²) in [5.41, 5.74) is 1.29. The first kappa shape index (κ1) is 11.0. The third kappa shape index (κ3) is 4.08. The minimum atomic E-state index is 1.05. The van der Waals surface area contributed by atoms with Crippen molar-refractivity contribution in [2.75, 3.05) is 17.5 Å². The summed E-state index contributed by atoms with van der Waals surface area (Å²) in [6.45, 7) is 2.18. The van der Waals surface area contributed by atoms with Crippen LogP contribution in [-0.2, 0) is 13.5 Å². The highest BCUT2D eigenvalue weighted by atomic mass is 127. The molecule has 1 aromatic rings. The molecule has 0 aliphatic carbocycles. The van der Waals surface area contributed by atoms with Crippen LogP contribution in [0.1, 0.15) is 12.1 Å². The van der Waals surface area contributed by atoms with Crippen molar-refractivity contribution in [3.63, 3.8) is 0 Å². The van der Waals surface area contributed by atoms with Crippen LogP contribution in [0.5, 0.6) is 0 Å². The number of alkyl halides is 1. The number of rotatable bonds is 6. The minimum Gasteiger partial charge on any atom is -0.316 e. The molecule has 0 fully saturated rings. The summed E-state index contributed by atoms with van der Waals surface area (Å²) in [6.07, 6.45) is 4.17. The number of halogens is 1. The third-order valence-electron chi connectivity index (χ3n) is 1.97. The van der Waals surface area contributed by atoms with Gasteiger partial charge in [0.05, 0.1) is 0 Å². The standard InChI is InChI=1S/C9H16IN3/c1-13-9(4-8-12-13)3-7-11-6-2-5-10/h4,8,11H,2-3,5-7H2,1H3. The second kappa shape index (κ2) is 6.37. The highest BCUT2D eigenvalue weighted by Gasteiger charge is 1.96. The van der Waals surface area contributed by atoms with Crippen LogP contribution < -0.4 is 5.32 Å². The van der Waals surface area contributed by atoms with E-state index in [2.05, 4.69) is 39.1 Å². The molecule has 0 bridgehead atoms. The van der Waals surface area contributed by atoms with E-state index in [0.29, 0.717) is 0 Å². The zero-order valence-electron chi connectivity index (χ0n) is 7.96. The molecule has 0 aromatic carbocycles. The molecule has 0 unspecified atom stereocenters. The molecule has 0 spiro atoms. The molecule has 0 amide bonds. The first-order valence-electron chi connectivity index (χ1n) is 4.58. The van der Waals surface area contributed by atoms with Gasteiger partial charge < -0.3 is 5.32 Å². The highest BCUT2D eigenvalue weighted by Crippen LogP contribution is 1.96. The highest BCUT2D eigenvalue weighted by molar-refractivity contribution is 14.1. The minimum absolute atomic E-state index is 1.05. The molecule has 3 nitrogen and oxygen atoms in total. The fraction of sp³-hybridized carbons (Fsp3) is 0.667. The Kier molecular flexibility index (Phi) is 5.38. The lowest BCUT2D eigenvalue weighted by atomic mass is 10.3. The molecule has 13 heavy (non-hydrogen) atoms. The first-order chi connectivity index (χ1) is 6.34. The summed E-state index contributed by atoms with van der Waals surface area (Å²) < 4.78 is 3.16. The quantitative estimate of drug-likeness (QED) is 0.488. The smallest absolute Gasteiger partial charge is 0.0492 e. The molecule has 0 aliphatic heterocycles. The molecule has 0 radical (unpaired) electrons. The van der Waals surface area contributed by atoms with Crippen molar-refractivity contribution in [2.24, 2.45) is 7.05 Å². The Labute approximate surface area is 93.0 Å². The molecule has 0 aliphatic rings. The molecular formula is C9H16IN3. The third-order valence-corrected chi connectivity index (χ3v) is 2.73. The van der Waals surface area contributed by atoms with Crippen LogP contribution in [-0.4, -0.2) is 27.3 Å². The largest absolute Gasteiger partial charge is 0.316 e. The van der Waals surface area contributed by atoms with Gasteiger partial charge >= 0.3 is 0 Å². The fourth-order valence-corrected chi connectivity index (χ4v) is 1.56. The van der Waals surface area contributed by atoms with Crippen molar-refractivity contribution in [3.05, 3.63) is 18.0 Å². The fourth-order valence-electron chi connectivity index (χ4n) is 1.18. The zero-order chi connectivity index (χ0) is 9.52. The van der Waals surface area contributed by atoms with Gasteiger partial charge in [-0.15, -0.1) is 0 Å². The van der Waals surface area contributed by atoms with Gasteiger partial charge in [0, 0.05) is 36.3 Å². The van der Waals surface area contributed by atoms with Gasteiger partial charge in [0.1, 0.15) is 0 Å². The van der Waals surface area contributed by atoms with Crippen LogP contribution in [0.2, 0.25) is 0 Å². The van der Waals surface area contributed by atoms with E-state index in [4.69, 9.17) is 0 Å². The molecule has 4 heteroatoms. The Morgan fingerprint density at radius 2 is 2.38 bits per heavy atom. The van der Waals surface area contributed by atoms with Crippen molar-refractivity contribution >= 4 is 22.6 Å². The number of aryl methyl sites for hydroxylation is 1. The van der Waals surface area contributed by atoms with Gasteiger partial charge in [0.25, 0.3) is 0 Å². The molecule has 1 rings (SSSR count). The Morgan fingerprint density at radius 1 is 1.54 bits per heavy atom. The van der Waals surface area contributed by atoms with Crippen molar-refractivity contribution < 1.29 is 0 Å². The summed E-state index contributed by atoms with van der Waals surface area (Å²) in [6, 6.07) is 2.07. The van der Waals surface area contributed by atoms with Crippen molar-refractivity contribution in [3.8, 4) is 0 Å². The lowest BCUT2D eigenvalue weighted by molar-refractivity contribution is 0.639. The van der Waals surface area contributed by atoms with E-state index in [9.17, 15) is 0 Å². The summed E-state index contributed by atoms with van der Waals surface area (Å²) in [5, 5.41) is 7.53. The predicted octanol–water partition coefficient (Wildman–Crippen LogP) is 1.38. The first-order valence-corrected chi connectivity index (χ1v) is 6.10. The van der Waals surface area contributed by atoms with E-state index in [1.165, 1.54) is 16.5 Å². The Hall–Kier alpha value is -0.100. The number of hydrogen-bond acceptors (Lipinski definition) is 2. The molecule has 74 valence electrons. The number of nitrogens with one attached hydrogen (secondary N) is 1. The average molecular weight is 293 g/mol. The molecule has 0 atom stereocenters. The summed E-state index contributed by atoms with van der Waals surface area (Å²) in [5.74, 6) is 0. The van der Waals surface area contributed by atoms with Crippen LogP contribution >= 0.6 is 22.6 Å². The average Bonchev–Trinajstić information content (AvgIpc) is 2.52. The van der Waals surface area contributed by atoms with Gasteiger partial charge in [-0.1, -0.05) is 22.6 Å². The maximum Gasteiger partial charge on any atom is 0.0492 e. The second-order valence-electron chi connectivity index (χ2n) is 2.99. The van der Waals surface area contributed by atoms with Crippen molar-refractivity contribution in [2.45, 2.75) is 12.8 Å². The van der Waals surface area contributed by atoms with Gasteiger partial charge in [-0.3, -0.25) is 4.68 Å². The topological polar surface area (TPSA) is 29.9 Å². The van der Waals surface area contributed by atoms with Crippen LogP contribution in [0.25, 0.3) is 0 Å². The lowest BCUT2D eigenvalue weighted by Crippen LogP contribution is -2.19. The second-order valence-corrected chi connectivity index (χ2v) is 4.07. The van der Waals surface area contributed by atoms with E-state index >= 15 is 0 Å². The SMILES string of the molecule is Cn1nccc1CCNCCCI. The lowest BCUT2D eigenvalue weighted by Gasteiger charge is -2.03. The van der Waals surface area contributed by atoms with Crippen molar-refractivity contribution in [1.82, 2.24) is 15.1 Å². The van der Waals surface area contributed by atoms with Gasteiger partial charge in [-0.05, 0) is 19.0 Å². The van der Waals surface area contributed by atoms with Gasteiger partial charge in [0.15, 0.2) is 0 Å². The van der Waals surface area contributed by atoms with Crippen LogP contribution in [0, 0.1) is 0 Å². The van der Waals surface area contributed by atoms with Crippen LogP contribution in [0.15, 0.2) is 12.3 Å². The number of aromatic nitrogens is 2. The predicted molar refractivity (Wildman–Crippen MR) is 63.3 cm³/mol. The molecule has 1 aromatic heterocycles. The zero-order valence-corrected chi connectivity index (χ0v) is 10.1. The van der Waals surface area contributed by atoms with E-state index in [1.807, 2.05) is 17.9 Å². The van der Waals surface area contributed by atoms with E-state index in [1.54, 1.807) is 0 Å². The van der Waals surface area contributed by atoms with Crippen LogP contribution in [0.3, 0.4) is 0 Å². The molecular weight excluding hydrogens is 277 g/mol. The Bertz CT molecular complexity index is 235. The van der Waals surface area contributed by atoms with E-state index in [0.717, 1.165) is 19.5 Å². The molecule has 1 N–H and O–H groups in total. The normalized spacial score (nSPS) is 10.6. The summed E-state index contributed by atoms with van der Waals surface area (Å²) in [7, 11) is 1.99.